The molecule has 0 aromatic heterocycles. The van der Waals surface area contributed by atoms with Gasteiger partial charge in [0.05, 0.1) is 0 Å². The molecule has 0 saturated heterocycles. The molecule has 2 N–H and O–H groups in total. The van der Waals surface area contributed by atoms with Crippen LogP contribution in [0.3, 0.4) is 0 Å². The van der Waals surface area contributed by atoms with Gasteiger partial charge < -0.3 is 10.6 Å². The summed E-state index contributed by atoms with van der Waals surface area (Å²) >= 11 is 0. The molecule has 2 amide bonds. The summed E-state index contributed by atoms with van der Waals surface area (Å²) in [6, 6.07) is 7.37. The predicted octanol–water partition coefficient (Wildman–Crippen LogP) is 1.85. The minimum atomic E-state index is -0.0744. The average Bonchev–Trinajstić information content (AvgIpc) is 2.35. The van der Waals surface area contributed by atoms with Gasteiger partial charge in [-0.15, -0.1) is 0 Å². The fourth-order valence-corrected chi connectivity index (χ4v) is 2.09. The third-order valence-electron chi connectivity index (χ3n) is 3.47. The normalized spacial score (nSPS) is 14.6. The van der Waals surface area contributed by atoms with Gasteiger partial charge >= 0.3 is 0 Å². The van der Waals surface area contributed by atoms with Crippen LogP contribution in [0.25, 0.3) is 0 Å². The molecular formula is C15H20N2O2. The fourth-order valence-electron chi connectivity index (χ4n) is 2.09. The molecule has 0 bridgehead atoms. The van der Waals surface area contributed by atoms with Crippen LogP contribution in [0.4, 0.5) is 0 Å². The molecule has 4 heteroatoms. The number of hydrogen-bond donors (Lipinski definition) is 2. The van der Waals surface area contributed by atoms with Crippen molar-refractivity contribution in [3.05, 3.63) is 35.4 Å². The number of rotatable bonds is 5. The van der Waals surface area contributed by atoms with Gasteiger partial charge in [0.2, 0.25) is 5.91 Å². The van der Waals surface area contributed by atoms with Gasteiger partial charge in [0, 0.05) is 24.6 Å². The van der Waals surface area contributed by atoms with Crippen molar-refractivity contribution in [3.63, 3.8) is 0 Å². The Morgan fingerprint density at radius 2 is 2.05 bits per heavy atom. The zero-order valence-corrected chi connectivity index (χ0v) is 11.2. The first kappa shape index (κ1) is 13.6. The van der Waals surface area contributed by atoms with E-state index in [2.05, 4.69) is 10.6 Å². The smallest absolute Gasteiger partial charge is 0.251 e. The Kier molecular flexibility index (Phi) is 4.55. The van der Waals surface area contributed by atoms with Crippen molar-refractivity contribution in [2.45, 2.75) is 32.7 Å². The maximum atomic E-state index is 11.7. The summed E-state index contributed by atoms with van der Waals surface area (Å²) in [7, 11) is 0. The van der Waals surface area contributed by atoms with Crippen LogP contribution in [-0.4, -0.2) is 18.4 Å². The summed E-state index contributed by atoms with van der Waals surface area (Å²) in [6.45, 7) is 2.99. The molecule has 1 aromatic carbocycles. The number of carbonyl (C=O) groups is 2. The second-order valence-corrected chi connectivity index (χ2v) is 4.91. The molecule has 1 fully saturated rings. The van der Waals surface area contributed by atoms with E-state index in [-0.39, 0.29) is 17.7 Å². The van der Waals surface area contributed by atoms with Crippen molar-refractivity contribution in [1.82, 2.24) is 10.6 Å². The Bertz CT molecular complexity index is 467. The minimum Gasteiger partial charge on any atom is -0.352 e. The number of amides is 2. The van der Waals surface area contributed by atoms with Crippen LogP contribution in [0.2, 0.25) is 0 Å². The van der Waals surface area contributed by atoms with Gasteiger partial charge in [-0.05, 0) is 37.5 Å². The highest BCUT2D eigenvalue weighted by Crippen LogP contribution is 2.26. The zero-order valence-electron chi connectivity index (χ0n) is 11.2. The molecule has 0 aliphatic heterocycles. The van der Waals surface area contributed by atoms with Gasteiger partial charge in [-0.3, -0.25) is 9.59 Å². The van der Waals surface area contributed by atoms with E-state index in [1.54, 1.807) is 6.07 Å². The molecule has 2 rings (SSSR count). The highest BCUT2D eigenvalue weighted by atomic mass is 16.2. The number of benzene rings is 1. The molecule has 1 aromatic rings. The maximum absolute atomic E-state index is 11.7. The zero-order chi connectivity index (χ0) is 13.7. The first-order valence-electron chi connectivity index (χ1n) is 6.85. The third-order valence-corrected chi connectivity index (χ3v) is 3.47. The summed E-state index contributed by atoms with van der Waals surface area (Å²) < 4.78 is 0. The molecular weight excluding hydrogens is 240 g/mol. The average molecular weight is 260 g/mol. The van der Waals surface area contributed by atoms with Gasteiger partial charge in [0.1, 0.15) is 0 Å². The summed E-state index contributed by atoms with van der Waals surface area (Å²) in [5, 5.41) is 5.69. The number of nitrogens with one attached hydrogen (secondary N) is 2. The fraction of sp³-hybridized carbons (Fsp3) is 0.467. The Morgan fingerprint density at radius 1 is 1.26 bits per heavy atom. The highest BCUT2D eigenvalue weighted by molar-refractivity contribution is 5.94. The van der Waals surface area contributed by atoms with Crippen molar-refractivity contribution < 1.29 is 9.59 Å². The van der Waals surface area contributed by atoms with Gasteiger partial charge in [-0.1, -0.05) is 18.6 Å². The van der Waals surface area contributed by atoms with Crippen molar-refractivity contribution >= 4 is 11.8 Å². The Labute approximate surface area is 113 Å². The van der Waals surface area contributed by atoms with Crippen LogP contribution in [0.15, 0.2) is 24.3 Å². The van der Waals surface area contributed by atoms with Crippen LogP contribution in [-0.2, 0) is 11.3 Å². The summed E-state index contributed by atoms with van der Waals surface area (Å²) in [4.78, 5) is 23.4. The molecule has 0 radical (unpaired) electrons. The van der Waals surface area contributed by atoms with Crippen LogP contribution in [0, 0.1) is 5.92 Å². The molecule has 19 heavy (non-hydrogen) atoms. The lowest BCUT2D eigenvalue weighted by atomic mass is 9.85. The first-order chi connectivity index (χ1) is 9.20. The quantitative estimate of drug-likeness (QED) is 0.849. The summed E-state index contributed by atoms with van der Waals surface area (Å²) in [5.41, 5.74) is 1.59. The predicted molar refractivity (Wildman–Crippen MR) is 73.6 cm³/mol. The van der Waals surface area contributed by atoms with E-state index in [1.807, 2.05) is 25.1 Å². The van der Waals surface area contributed by atoms with E-state index in [0.29, 0.717) is 18.7 Å². The maximum Gasteiger partial charge on any atom is 0.251 e. The van der Waals surface area contributed by atoms with E-state index >= 15 is 0 Å². The van der Waals surface area contributed by atoms with Crippen molar-refractivity contribution in [2.75, 3.05) is 6.54 Å². The van der Waals surface area contributed by atoms with Gasteiger partial charge in [0.15, 0.2) is 0 Å². The number of hydrogen-bond acceptors (Lipinski definition) is 2. The standard InChI is InChI=1S/C15H20N2O2/c1-2-16-15(19)13-8-3-5-11(9-13)10-17-14(18)12-6-4-7-12/h3,5,8-9,12H,2,4,6-7,10H2,1H3,(H,16,19)(H,17,18). The topological polar surface area (TPSA) is 58.2 Å². The molecule has 0 spiro atoms. The monoisotopic (exact) mass is 260 g/mol. The summed E-state index contributed by atoms with van der Waals surface area (Å²) in [6.07, 6.45) is 3.17. The second-order valence-electron chi connectivity index (χ2n) is 4.91. The van der Waals surface area contributed by atoms with Gasteiger partial charge in [-0.25, -0.2) is 0 Å². The molecule has 102 valence electrons. The van der Waals surface area contributed by atoms with Gasteiger partial charge in [-0.2, -0.15) is 0 Å². The van der Waals surface area contributed by atoms with E-state index in [9.17, 15) is 9.59 Å². The molecule has 1 aliphatic rings. The van der Waals surface area contributed by atoms with Crippen LogP contribution < -0.4 is 10.6 Å². The lowest BCUT2D eigenvalue weighted by molar-refractivity contribution is -0.127. The lowest BCUT2D eigenvalue weighted by Crippen LogP contribution is -2.34. The Morgan fingerprint density at radius 3 is 2.68 bits per heavy atom. The van der Waals surface area contributed by atoms with E-state index in [1.165, 1.54) is 0 Å². The minimum absolute atomic E-state index is 0.0744. The Balaban J connectivity index is 1.91. The molecule has 0 heterocycles. The first-order valence-corrected chi connectivity index (χ1v) is 6.85. The van der Waals surface area contributed by atoms with Crippen LogP contribution in [0.1, 0.15) is 42.1 Å². The van der Waals surface area contributed by atoms with Crippen molar-refractivity contribution in [3.8, 4) is 0 Å². The Hall–Kier alpha value is -1.84. The molecule has 4 nitrogen and oxygen atoms in total. The highest BCUT2D eigenvalue weighted by Gasteiger charge is 2.24. The lowest BCUT2D eigenvalue weighted by Gasteiger charge is -2.24. The van der Waals surface area contributed by atoms with E-state index in [4.69, 9.17) is 0 Å². The third kappa shape index (κ3) is 3.56. The second kappa shape index (κ2) is 6.36. The van der Waals surface area contributed by atoms with Crippen LogP contribution in [0.5, 0.6) is 0 Å². The van der Waals surface area contributed by atoms with E-state index < -0.39 is 0 Å². The number of carbonyl (C=O) groups excluding carboxylic acids is 2. The SMILES string of the molecule is CCNC(=O)c1cccc(CNC(=O)C2CCC2)c1. The van der Waals surface area contributed by atoms with E-state index in [0.717, 1.165) is 24.8 Å². The molecule has 0 atom stereocenters. The summed E-state index contributed by atoms with van der Waals surface area (Å²) in [5.74, 6) is 0.260. The molecule has 1 aliphatic carbocycles. The molecule has 1 saturated carbocycles. The van der Waals surface area contributed by atoms with Gasteiger partial charge in [0.25, 0.3) is 5.91 Å². The largest absolute Gasteiger partial charge is 0.352 e. The molecule has 0 unspecified atom stereocenters. The van der Waals surface area contributed by atoms with Crippen molar-refractivity contribution in [2.24, 2.45) is 5.92 Å². The van der Waals surface area contributed by atoms with Crippen LogP contribution >= 0.6 is 0 Å². The van der Waals surface area contributed by atoms with Crippen molar-refractivity contribution in [1.29, 1.82) is 0 Å².